The van der Waals surface area contributed by atoms with E-state index in [0.717, 1.165) is 0 Å². The highest BCUT2D eigenvalue weighted by atomic mass is 16.7. The first kappa shape index (κ1) is 6.05. The SMILES string of the molecule is CC(C)C1O[CH]CO1. The van der Waals surface area contributed by atoms with Crippen molar-refractivity contribution in [3.63, 3.8) is 0 Å². The molecule has 0 amide bonds. The standard InChI is InChI=1S/C6H11O2/c1-5(2)6-7-3-4-8-6/h3,5-6H,4H2,1-2H3. The molecule has 0 bridgehead atoms. The Morgan fingerprint density at radius 3 is 2.62 bits per heavy atom. The molecule has 1 radical (unpaired) electrons. The van der Waals surface area contributed by atoms with E-state index >= 15 is 0 Å². The topological polar surface area (TPSA) is 18.5 Å². The lowest BCUT2D eigenvalue weighted by Crippen LogP contribution is -2.14. The smallest absolute Gasteiger partial charge is 0.160 e. The van der Waals surface area contributed by atoms with Gasteiger partial charge in [-0.25, -0.2) is 0 Å². The Morgan fingerprint density at radius 1 is 1.62 bits per heavy atom. The van der Waals surface area contributed by atoms with Gasteiger partial charge in [-0.3, -0.25) is 0 Å². The normalized spacial score (nSPS) is 22.9. The van der Waals surface area contributed by atoms with E-state index in [4.69, 9.17) is 9.47 Å². The molecule has 0 saturated carbocycles. The molecule has 0 N–H and O–H groups in total. The summed E-state index contributed by atoms with van der Waals surface area (Å²) in [5.41, 5.74) is 0. The largest absolute Gasteiger partial charge is 0.350 e. The summed E-state index contributed by atoms with van der Waals surface area (Å²) < 4.78 is 10.2. The van der Waals surface area contributed by atoms with Gasteiger partial charge in [0.2, 0.25) is 0 Å². The Bertz CT molecular complexity index is 64.9. The van der Waals surface area contributed by atoms with E-state index in [1.54, 1.807) is 6.61 Å². The highest BCUT2D eigenvalue weighted by molar-refractivity contribution is 4.62. The second kappa shape index (κ2) is 2.46. The van der Waals surface area contributed by atoms with Gasteiger partial charge in [-0.15, -0.1) is 0 Å². The zero-order valence-corrected chi connectivity index (χ0v) is 5.26. The number of hydrogen-bond donors (Lipinski definition) is 0. The quantitative estimate of drug-likeness (QED) is 0.511. The van der Waals surface area contributed by atoms with Gasteiger partial charge in [-0.2, -0.15) is 0 Å². The number of ether oxygens (including phenoxy) is 2. The van der Waals surface area contributed by atoms with Crippen LogP contribution in [0.25, 0.3) is 0 Å². The first-order valence-corrected chi connectivity index (χ1v) is 2.89. The Morgan fingerprint density at radius 2 is 2.38 bits per heavy atom. The third-order valence-electron chi connectivity index (χ3n) is 1.10. The van der Waals surface area contributed by atoms with Crippen LogP contribution in [0, 0.1) is 12.5 Å². The molecule has 1 unspecified atom stereocenters. The lowest BCUT2D eigenvalue weighted by molar-refractivity contribution is -0.0655. The van der Waals surface area contributed by atoms with Gasteiger partial charge in [0.25, 0.3) is 0 Å². The van der Waals surface area contributed by atoms with Crippen molar-refractivity contribution in [2.24, 2.45) is 5.92 Å². The van der Waals surface area contributed by atoms with Crippen LogP contribution in [-0.2, 0) is 9.47 Å². The lowest BCUT2D eigenvalue weighted by Gasteiger charge is -2.10. The van der Waals surface area contributed by atoms with Gasteiger partial charge in [0.1, 0.15) is 6.61 Å². The van der Waals surface area contributed by atoms with Crippen molar-refractivity contribution in [2.75, 3.05) is 6.61 Å². The Kier molecular flexibility index (Phi) is 1.86. The second-order valence-corrected chi connectivity index (χ2v) is 2.25. The number of hydrogen-bond acceptors (Lipinski definition) is 2. The summed E-state index contributed by atoms with van der Waals surface area (Å²) in [6, 6.07) is 0. The predicted octanol–water partition coefficient (Wildman–Crippen LogP) is 1.18. The maximum atomic E-state index is 5.14. The molecule has 1 saturated heterocycles. The van der Waals surface area contributed by atoms with Crippen LogP contribution in [0.4, 0.5) is 0 Å². The molecule has 1 aliphatic rings. The van der Waals surface area contributed by atoms with Gasteiger partial charge in [0.05, 0.1) is 6.61 Å². The summed E-state index contributed by atoms with van der Waals surface area (Å²) in [6.07, 6.45) is 0.00926. The van der Waals surface area contributed by atoms with Crippen molar-refractivity contribution in [1.82, 2.24) is 0 Å². The molecule has 0 aromatic heterocycles. The lowest BCUT2D eigenvalue weighted by atomic mass is 10.2. The number of rotatable bonds is 1. The van der Waals surface area contributed by atoms with Crippen molar-refractivity contribution in [2.45, 2.75) is 20.1 Å². The molecule has 1 fully saturated rings. The Balaban J connectivity index is 2.24. The van der Waals surface area contributed by atoms with Gasteiger partial charge in [0, 0.05) is 5.92 Å². The van der Waals surface area contributed by atoms with E-state index in [-0.39, 0.29) is 6.29 Å². The van der Waals surface area contributed by atoms with E-state index in [9.17, 15) is 0 Å². The second-order valence-electron chi connectivity index (χ2n) is 2.25. The maximum Gasteiger partial charge on any atom is 0.160 e. The molecule has 47 valence electrons. The first-order chi connectivity index (χ1) is 3.80. The van der Waals surface area contributed by atoms with Gasteiger partial charge in [0.15, 0.2) is 6.29 Å². The van der Waals surface area contributed by atoms with Crippen LogP contribution < -0.4 is 0 Å². The fourth-order valence-electron chi connectivity index (χ4n) is 0.657. The molecule has 2 nitrogen and oxygen atoms in total. The highest BCUT2D eigenvalue weighted by Gasteiger charge is 2.19. The molecular formula is C6H11O2. The molecule has 0 aromatic carbocycles. The van der Waals surface area contributed by atoms with Crippen molar-refractivity contribution >= 4 is 0 Å². The summed E-state index contributed by atoms with van der Waals surface area (Å²) in [4.78, 5) is 0. The molecule has 0 spiro atoms. The van der Waals surface area contributed by atoms with E-state index < -0.39 is 0 Å². The van der Waals surface area contributed by atoms with Crippen molar-refractivity contribution in [3.8, 4) is 0 Å². The van der Waals surface area contributed by atoms with E-state index in [0.29, 0.717) is 12.5 Å². The summed E-state index contributed by atoms with van der Waals surface area (Å²) in [5.74, 6) is 0.466. The van der Waals surface area contributed by atoms with E-state index in [1.807, 2.05) is 0 Å². The zero-order chi connectivity index (χ0) is 5.98. The summed E-state index contributed by atoms with van der Waals surface area (Å²) in [5, 5.41) is 0. The van der Waals surface area contributed by atoms with E-state index in [2.05, 4.69) is 13.8 Å². The van der Waals surface area contributed by atoms with Crippen LogP contribution >= 0.6 is 0 Å². The van der Waals surface area contributed by atoms with Crippen LogP contribution in [0.2, 0.25) is 0 Å². The molecule has 1 atom stereocenters. The molecule has 0 aliphatic carbocycles. The van der Waals surface area contributed by atoms with E-state index in [1.165, 1.54) is 0 Å². The summed E-state index contributed by atoms with van der Waals surface area (Å²) >= 11 is 0. The average molecular weight is 115 g/mol. The Hall–Kier alpha value is -0.0800. The minimum absolute atomic E-state index is 0.00926. The summed E-state index contributed by atoms with van der Waals surface area (Å²) in [6.45, 7) is 6.49. The predicted molar refractivity (Wildman–Crippen MR) is 30.0 cm³/mol. The average Bonchev–Trinajstić information content (AvgIpc) is 2.12. The molecule has 1 heterocycles. The van der Waals surface area contributed by atoms with Crippen LogP contribution in [-0.4, -0.2) is 12.9 Å². The van der Waals surface area contributed by atoms with Crippen molar-refractivity contribution < 1.29 is 9.47 Å². The monoisotopic (exact) mass is 115 g/mol. The van der Waals surface area contributed by atoms with Gasteiger partial charge in [-0.05, 0) is 0 Å². The van der Waals surface area contributed by atoms with Crippen molar-refractivity contribution in [3.05, 3.63) is 6.61 Å². The van der Waals surface area contributed by atoms with Gasteiger partial charge < -0.3 is 9.47 Å². The zero-order valence-electron chi connectivity index (χ0n) is 5.26. The van der Waals surface area contributed by atoms with Crippen LogP contribution in [0.3, 0.4) is 0 Å². The van der Waals surface area contributed by atoms with Crippen molar-refractivity contribution in [1.29, 1.82) is 0 Å². The van der Waals surface area contributed by atoms with Crippen LogP contribution in [0.1, 0.15) is 13.8 Å². The van der Waals surface area contributed by atoms with Gasteiger partial charge >= 0.3 is 0 Å². The minimum atomic E-state index is 0.00926. The fourth-order valence-corrected chi connectivity index (χ4v) is 0.657. The maximum absolute atomic E-state index is 5.14. The molecule has 1 aliphatic heterocycles. The fraction of sp³-hybridized carbons (Fsp3) is 0.833. The third-order valence-corrected chi connectivity index (χ3v) is 1.10. The molecule has 1 rings (SSSR count). The van der Waals surface area contributed by atoms with Crippen LogP contribution in [0.15, 0.2) is 0 Å². The summed E-state index contributed by atoms with van der Waals surface area (Å²) in [7, 11) is 0. The molecule has 8 heavy (non-hydrogen) atoms. The highest BCUT2D eigenvalue weighted by Crippen LogP contribution is 2.14. The van der Waals surface area contributed by atoms with Gasteiger partial charge in [-0.1, -0.05) is 13.8 Å². The third kappa shape index (κ3) is 1.20. The molecule has 0 aromatic rings. The minimum Gasteiger partial charge on any atom is -0.350 e. The first-order valence-electron chi connectivity index (χ1n) is 2.89. The molecular weight excluding hydrogens is 104 g/mol. The molecule has 2 heteroatoms. The Labute approximate surface area is 49.8 Å². The van der Waals surface area contributed by atoms with Crippen LogP contribution in [0.5, 0.6) is 0 Å².